The molecule has 0 bridgehead atoms. The molecule has 0 spiro atoms. The lowest BCUT2D eigenvalue weighted by atomic mass is 9.98. The van der Waals surface area contributed by atoms with Gasteiger partial charge in [0.15, 0.2) is 29.0 Å². The van der Waals surface area contributed by atoms with E-state index in [1.54, 1.807) is 31.2 Å². The van der Waals surface area contributed by atoms with Gasteiger partial charge in [0, 0.05) is 29.1 Å². The van der Waals surface area contributed by atoms with E-state index >= 15 is 0 Å². The van der Waals surface area contributed by atoms with E-state index in [0.717, 1.165) is 5.56 Å². The second-order valence-corrected chi connectivity index (χ2v) is 8.28. The lowest BCUT2D eigenvalue weighted by molar-refractivity contribution is 0.189. The molecule has 36 heavy (non-hydrogen) atoms. The summed E-state index contributed by atoms with van der Waals surface area (Å²) < 4.78 is 63.3. The fourth-order valence-corrected chi connectivity index (χ4v) is 3.85. The molecule has 4 rings (SSSR count). The quantitative estimate of drug-likeness (QED) is 0.279. The minimum atomic E-state index is -1.04. The van der Waals surface area contributed by atoms with E-state index in [-0.39, 0.29) is 41.3 Å². The molecule has 1 N–H and O–H groups in total. The predicted octanol–water partition coefficient (Wildman–Crippen LogP) is 6.60. The Balaban J connectivity index is 1.47. The van der Waals surface area contributed by atoms with Crippen molar-refractivity contribution in [1.29, 1.82) is 0 Å². The first kappa shape index (κ1) is 25.3. The van der Waals surface area contributed by atoms with Crippen LogP contribution in [0, 0.1) is 23.3 Å². The van der Waals surface area contributed by atoms with Gasteiger partial charge in [-0.1, -0.05) is 36.4 Å². The van der Waals surface area contributed by atoms with Gasteiger partial charge >= 0.3 is 0 Å². The Hall–Kier alpha value is -3.78. The number of halogens is 4. The van der Waals surface area contributed by atoms with Crippen LogP contribution in [-0.2, 0) is 12.8 Å². The fraction of sp³-hybridized carbons (Fsp3) is 0.214. The summed E-state index contributed by atoms with van der Waals surface area (Å²) in [5.74, 6) is -3.92. The number of aliphatic hydroxyl groups excluding tert-OH is 1. The zero-order chi connectivity index (χ0) is 25.8. The second-order valence-electron chi connectivity index (χ2n) is 8.28. The van der Waals surface area contributed by atoms with Gasteiger partial charge in [0.25, 0.3) is 0 Å². The molecule has 0 aliphatic rings. The van der Waals surface area contributed by atoms with Gasteiger partial charge in [-0.2, -0.15) is 4.39 Å². The van der Waals surface area contributed by atoms with Crippen LogP contribution in [0.15, 0.2) is 60.9 Å². The monoisotopic (exact) mass is 496 g/mol. The van der Waals surface area contributed by atoms with E-state index in [9.17, 15) is 22.7 Å². The minimum absolute atomic E-state index is 0.0300. The highest BCUT2D eigenvalue weighted by molar-refractivity contribution is 5.66. The van der Waals surface area contributed by atoms with Crippen molar-refractivity contribution in [1.82, 2.24) is 9.97 Å². The number of rotatable bonds is 8. The molecule has 186 valence electrons. The van der Waals surface area contributed by atoms with E-state index in [1.165, 1.54) is 43.6 Å². The smallest absolute Gasteiger partial charge is 0.201 e. The average Bonchev–Trinajstić information content (AvgIpc) is 2.88. The maximum absolute atomic E-state index is 14.8. The number of aromatic nitrogens is 2. The zero-order valence-corrected chi connectivity index (χ0v) is 19.7. The Morgan fingerprint density at radius 2 is 1.36 bits per heavy atom. The molecule has 1 aromatic heterocycles. The van der Waals surface area contributed by atoms with Gasteiger partial charge in [-0.25, -0.2) is 23.1 Å². The molecular formula is C28H24F4N2O2. The molecule has 1 heterocycles. The lowest BCUT2D eigenvalue weighted by Crippen LogP contribution is -2.02. The van der Waals surface area contributed by atoms with Crippen LogP contribution >= 0.6 is 0 Å². The molecule has 0 saturated carbocycles. The summed E-state index contributed by atoms with van der Waals surface area (Å²) in [4.78, 5) is 7.95. The van der Waals surface area contributed by atoms with Crippen molar-refractivity contribution < 1.29 is 27.4 Å². The maximum Gasteiger partial charge on any atom is 0.201 e. The molecule has 0 aliphatic carbocycles. The van der Waals surface area contributed by atoms with E-state index in [4.69, 9.17) is 4.74 Å². The van der Waals surface area contributed by atoms with Crippen molar-refractivity contribution in [2.75, 3.05) is 6.61 Å². The predicted molar refractivity (Wildman–Crippen MR) is 128 cm³/mol. The fourth-order valence-electron chi connectivity index (χ4n) is 3.85. The van der Waals surface area contributed by atoms with Crippen LogP contribution in [0.5, 0.6) is 5.75 Å². The summed E-state index contributed by atoms with van der Waals surface area (Å²) in [5.41, 5.74) is 1.97. The Kier molecular flexibility index (Phi) is 7.64. The van der Waals surface area contributed by atoms with E-state index in [0.29, 0.717) is 17.5 Å². The number of aryl methyl sites for hydroxylation is 2. The highest BCUT2D eigenvalue weighted by Crippen LogP contribution is 2.31. The van der Waals surface area contributed by atoms with Crippen molar-refractivity contribution in [3.8, 4) is 28.0 Å². The van der Waals surface area contributed by atoms with Gasteiger partial charge in [-0.15, -0.1) is 0 Å². The Morgan fingerprint density at radius 1 is 0.750 bits per heavy atom. The third-order valence-electron chi connectivity index (χ3n) is 5.81. The highest BCUT2D eigenvalue weighted by atomic mass is 19.2. The van der Waals surface area contributed by atoms with E-state index < -0.39 is 29.4 Å². The molecule has 0 fully saturated rings. The molecule has 1 atom stereocenters. The normalized spacial score (nSPS) is 12.0. The summed E-state index contributed by atoms with van der Waals surface area (Å²) in [5, 5.41) is 9.50. The van der Waals surface area contributed by atoms with Crippen molar-refractivity contribution in [2.24, 2.45) is 0 Å². The molecule has 4 nitrogen and oxygen atoms in total. The Labute approximate surface area is 206 Å². The largest absolute Gasteiger partial charge is 0.491 e. The number of benzene rings is 3. The number of hydrogen-bond donors (Lipinski definition) is 1. The van der Waals surface area contributed by atoms with Crippen molar-refractivity contribution in [3.63, 3.8) is 0 Å². The third-order valence-corrected chi connectivity index (χ3v) is 5.81. The summed E-state index contributed by atoms with van der Waals surface area (Å²) in [6.07, 6.45) is 2.48. The van der Waals surface area contributed by atoms with Crippen molar-refractivity contribution >= 4 is 0 Å². The van der Waals surface area contributed by atoms with Crippen molar-refractivity contribution in [2.45, 2.75) is 32.8 Å². The molecular weight excluding hydrogens is 472 g/mol. The summed E-state index contributed by atoms with van der Waals surface area (Å²) in [7, 11) is 0. The van der Waals surface area contributed by atoms with Crippen LogP contribution in [0.2, 0.25) is 0 Å². The summed E-state index contributed by atoms with van der Waals surface area (Å²) in [6, 6.07) is 12.6. The van der Waals surface area contributed by atoms with Crippen LogP contribution in [0.3, 0.4) is 0 Å². The Bertz CT molecular complexity index is 1360. The molecule has 0 saturated heterocycles. The topological polar surface area (TPSA) is 55.2 Å². The number of aliphatic hydroxyl groups is 1. The first-order valence-electron chi connectivity index (χ1n) is 11.5. The molecule has 0 radical (unpaired) electrons. The van der Waals surface area contributed by atoms with Crippen molar-refractivity contribution in [3.05, 3.63) is 101 Å². The first-order valence-corrected chi connectivity index (χ1v) is 11.5. The second kappa shape index (κ2) is 10.9. The average molecular weight is 497 g/mol. The molecule has 8 heteroatoms. The molecule has 4 aromatic rings. The molecule has 0 amide bonds. The van der Waals surface area contributed by atoms with Crippen LogP contribution in [0.4, 0.5) is 17.6 Å². The maximum atomic E-state index is 14.8. The van der Waals surface area contributed by atoms with Crippen LogP contribution in [0.25, 0.3) is 22.3 Å². The first-order chi connectivity index (χ1) is 17.3. The SMILES string of the molecule is CCOc1ccc(-c2ccc(CCc3ccc(-c4cnc(C(C)O)nc4)c(F)c3F)cc2)c(F)c1F. The van der Waals surface area contributed by atoms with Gasteiger partial charge in [-0.3, -0.25) is 0 Å². The number of hydrogen-bond acceptors (Lipinski definition) is 4. The zero-order valence-electron chi connectivity index (χ0n) is 19.7. The molecule has 0 aliphatic heterocycles. The van der Waals surface area contributed by atoms with Gasteiger partial charge in [0.1, 0.15) is 6.10 Å². The standard InChI is InChI=1S/C28H24F4N2O2/c1-3-36-23-13-12-21(26(31)27(23)32)18-7-4-17(5-8-18)6-9-19-10-11-22(25(30)24(19)29)20-14-33-28(16(2)35)34-15-20/h4-5,7-8,10-16,35H,3,6,9H2,1-2H3. The highest BCUT2D eigenvalue weighted by Gasteiger charge is 2.17. The van der Waals surface area contributed by atoms with E-state index in [1.807, 2.05) is 0 Å². The van der Waals surface area contributed by atoms with Gasteiger partial charge in [0.2, 0.25) is 5.82 Å². The lowest BCUT2D eigenvalue weighted by Gasteiger charge is -2.11. The minimum Gasteiger partial charge on any atom is -0.491 e. The third kappa shape index (κ3) is 5.23. The summed E-state index contributed by atoms with van der Waals surface area (Å²) in [6.45, 7) is 3.42. The van der Waals surface area contributed by atoms with Gasteiger partial charge in [-0.05, 0) is 55.5 Å². The van der Waals surface area contributed by atoms with Crippen LogP contribution in [0.1, 0.15) is 36.9 Å². The van der Waals surface area contributed by atoms with Crippen LogP contribution < -0.4 is 4.74 Å². The molecule has 3 aromatic carbocycles. The van der Waals surface area contributed by atoms with Crippen LogP contribution in [-0.4, -0.2) is 21.7 Å². The Morgan fingerprint density at radius 3 is 2.00 bits per heavy atom. The summed E-state index contributed by atoms with van der Waals surface area (Å²) >= 11 is 0. The number of ether oxygens (including phenoxy) is 1. The van der Waals surface area contributed by atoms with Gasteiger partial charge < -0.3 is 9.84 Å². The molecule has 1 unspecified atom stereocenters. The van der Waals surface area contributed by atoms with Gasteiger partial charge in [0.05, 0.1) is 6.61 Å². The number of nitrogens with zero attached hydrogens (tertiary/aromatic N) is 2. The van der Waals surface area contributed by atoms with E-state index in [2.05, 4.69) is 9.97 Å².